The van der Waals surface area contributed by atoms with Crippen molar-refractivity contribution in [2.24, 2.45) is 0 Å². The predicted octanol–water partition coefficient (Wildman–Crippen LogP) is 1.10. The van der Waals surface area contributed by atoms with Crippen LogP contribution in [0, 0.1) is 0 Å². The fraction of sp³-hybridized carbons (Fsp3) is 0.316. The van der Waals surface area contributed by atoms with Crippen molar-refractivity contribution in [1.29, 1.82) is 0 Å². The van der Waals surface area contributed by atoms with Crippen LogP contribution in [-0.2, 0) is 29.5 Å². The first-order valence-electron chi connectivity index (χ1n) is 9.26. The van der Waals surface area contributed by atoms with Gasteiger partial charge in [-0.05, 0) is 18.1 Å². The fourth-order valence-corrected chi connectivity index (χ4v) is 4.29. The van der Waals surface area contributed by atoms with Gasteiger partial charge in [0.15, 0.2) is 5.69 Å². The zero-order valence-corrected chi connectivity index (χ0v) is 16.8. The summed E-state index contributed by atoms with van der Waals surface area (Å²) in [7, 11) is -3.29. The predicted molar refractivity (Wildman–Crippen MR) is 106 cm³/mol. The molecule has 9 nitrogen and oxygen atoms in total. The number of aromatic nitrogens is 4. The minimum Gasteiger partial charge on any atom is -0.342 e. The second kappa shape index (κ2) is 7.80. The van der Waals surface area contributed by atoms with E-state index in [-0.39, 0.29) is 18.5 Å². The number of hydrogen-bond donors (Lipinski definition) is 2. The molecule has 1 aromatic carbocycles. The number of nitrogens with zero attached hydrogens (tertiary/aromatic N) is 4. The first-order chi connectivity index (χ1) is 13.9. The van der Waals surface area contributed by atoms with E-state index in [2.05, 4.69) is 20.6 Å². The summed E-state index contributed by atoms with van der Waals surface area (Å²) >= 11 is 0. The van der Waals surface area contributed by atoms with Crippen LogP contribution in [0.4, 0.5) is 0 Å². The standard InChI is InChI=1S/C19H22N6O3S/c1-29(27,28)25-11-8-15-17(13-25)22-23-18(15)19(26)21-16(12-24-10-5-9-20-24)14-6-3-2-4-7-14/h2-7,9-10,16H,8,11-13H2,1H3,(H,21,26)(H,22,23). The summed E-state index contributed by atoms with van der Waals surface area (Å²) in [5.74, 6) is -0.295. The van der Waals surface area contributed by atoms with Crippen molar-refractivity contribution in [1.82, 2.24) is 29.6 Å². The van der Waals surface area contributed by atoms with Gasteiger partial charge in [0.25, 0.3) is 5.91 Å². The lowest BCUT2D eigenvalue weighted by atomic mass is 10.0. The van der Waals surface area contributed by atoms with E-state index in [9.17, 15) is 13.2 Å². The number of H-pyrrole nitrogens is 1. The molecule has 1 atom stereocenters. The maximum Gasteiger partial charge on any atom is 0.272 e. The molecule has 1 aliphatic rings. The molecular weight excluding hydrogens is 392 g/mol. The lowest BCUT2D eigenvalue weighted by molar-refractivity contribution is 0.0925. The monoisotopic (exact) mass is 414 g/mol. The molecule has 0 radical (unpaired) electrons. The van der Waals surface area contributed by atoms with E-state index in [4.69, 9.17) is 0 Å². The Bertz CT molecular complexity index is 1090. The third-order valence-electron chi connectivity index (χ3n) is 5.02. The second-order valence-electron chi connectivity index (χ2n) is 7.04. The summed E-state index contributed by atoms with van der Waals surface area (Å²) in [6.07, 6.45) is 5.16. The SMILES string of the molecule is CS(=O)(=O)N1CCc2c(C(=O)NC(Cn3cccn3)c3ccccc3)n[nH]c2C1. The molecule has 1 amide bonds. The summed E-state index contributed by atoms with van der Waals surface area (Å²) in [5.41, 5.74) is 2.71. The molecule has 10 heteroatoms. The van der Waals surface area contributed by atoms with Gasteiger partial charge >= 0.3 is 0 Å². The summed E-state index contributed by atoms with van der Waals surface area (Å²) in [5, 5.41) is 14.3. The summed E-state index contributed by atoms with van der Waals surface area (Å²) < 4.78 is 26.7. The summed E-state index contributed by atoms with van der Waals surface area (Å²) in [6, 6.07) is 11.2. The van der Waals surface area contributed by atoms with Crippen molar-refractivity contribution >= 4 is 15.9 Å². The van der Waals surface area contributed by atoms with E-state index < -0.39 is 10.0 Å². The molecule has 0 spiro atoms. The Morgan fingerprint density at radius 1 is 1.28 bits per heavy atom. The largest absolute Gasteiger partial charge is 0.342 e. The number of aromatic amines is 1. The minimum atomic E-state index is -3.29. The molecule has 1 aliphatic heterocycles. The Kier molecular flexibility index (Phi) is 5.20. The Hall–Kier alpha value is -2.98. The van der Waals surface area contributed by atoms with E-state index in [1.165, 1.54) is 10.6 Å². The fourth-order valence-electron chi connectivity index (χ4n) is 3.51. The number of sulfonamides is 1. The van der Waals surface area contributed by atoms with E-state index in [0.717, 1.165) is 11.1 Å². The second-order valence-corrected chi connectivity index (χ2v) is 9.02. The Balaban J connectivity index is 1.55. The average Bonchev–Trinajstić information content (AvgIpc) is 3.36. The zero-order chi connectivity index (χ0) is 20.4. The first-order valence-corrected chi connectivity index (χ1v) is 11.1. The van der Waals surface area contributed by atoms with E-state index in [1.807, 2.05) is 42.6 Å². The first kappa shape index (κ1) is 19.3. The Morgan fingerprint density at radius 2 is 2.07 bits per heavy atom. The number of carbonyl (C=O) groups is 1. The lowest BCUT2D eigenvalue weighted by Gasteiger charge is -2.24. The quantitative estimate of drug-likeness (QED) is 0.627. The van der Waals surface area contributed by atoms with Gasteiger partial charge < -0.3 is 5.32 Å². The van der Waals surface area contributed by atoms with Crippen molar-refractivity contribution < 1.29 is 13.2 Å². The molecule has 3 aromatic rings. The number of amides is 1. The van der Waals surface area contributed by atoms with Crippen molar-refractivity contribution in [3.8, 4) is 0 Å². The molecule has 0 bridgehead atoms. The zero-order valence-electron chi connectivity index (χ0n) is 15.9. The molecule has 29 heavy (non-hydrogen) atoms. The molecule has 0 saturated heterocycles. The van der Waals surface area contributed by atoms with Gasteiger partial charge in [-0.15, -0.1) is 0 Å². The van der Waals surface area contributed by atoms with Crippen LogP contribution in [0.2, 0.25) is 0 Å². The van der Waals surface area contributed by atoms with Crippen LogP contribution in [-0.4, -0.2) is 51.4 Å². The smallest absolute Gasteiger partial charge is 0.272 e. The number of rotatable bonds is 6. The molecule has 1 unspecified atom stereocenters. The van der Waals surface area contributed by atoms with Gasteiger partial charge in [0.1, 0.15) is 0 Å². The van der Waals surface area contributed by atoms with Gasteiger partial charge in [-0.3, -0.25) is 14.6 Å². The van der Waals surface area contributed by atoms with Gasteiger partial charge in [-0.1, -0.05) is 30.3 Å². The topological polar surface area (TPSA) is 113 Å². The van der Waals surface area contributed by atoms with Crippen molar-refractivity contribution in [3.63, 3.8) is 0 Å². The van der Waals surface area contributed by atoms with Crippen LogP contribution < -0.4 is 5.32 Å². The molecule has 152 valence electrons. The molecule has 0 fully saturated rings. The maximum atomic E-state index is 13.0. The van der Waals surface area contributed by atoms with Crippen molar-refractivity contribution in [2.45, 2.75) is 25.6 Å². The van der Waals surface area contributed by atoms with Crippen LogP contribution in [0.1, 0.15) is 33.4 Å². The number of nitrogens with one attached hydrogen (secondary N) is 2. The number of carbonyl (C=O) groups excluding carboxylic acids is 1. The third kappa shape index (κ3) is 4.22. The molecule has 0 saturated carbocycles. The van der Waals surface area contributed by atoms with Gasteiger partial charge in [-0.25, -0.2) is 8.42 Å². The van der Waals surface area contributed by atoms with Crippen molar-refractivity contribution in [3.05, 3.63) is 71.3 Å². The molecule has 3 heterocycles. The Labute approximate surface area is 168 Å². The highest BCUT2D eigenvalue weighted by molar-refractivity contribution is 7.88. The molecule has 4 rings (SSSR count). The van der Waals surface area contributed by atoms with E-state index >= 15 is 0 Å². The third-order valence-corrected chi connectivity index (χ3v) is 6.27. The molecule has 2 aromatic heterocycles. The van der Waals surface area contributed by atoms with Crippen molar-refractivity contribution in [2.75, 3.05) is 12.8 Å². The van der Waals surface area contributed by atoms with Gasteiger partial charge in [-0.2, -0.15) is 14.5 Å². The van der Waals surface area contributed by atoms with E-state index in [1.54, 1.807) is 10.9 Å². The highest BCUT2D eigenvalue weighted by atomic mass is 32.2. The average molecular weight is 414 g/mol. The summed E-state index contributed by atoms with van der Waals surface area (Å²) in [6.45, 7) is 1.02. The highest BCUT2D eigenvalue weighted by Crippen LogP contribution is 2.23. The number of fused-ring (bicyclic) bond motifs is 1. The van der Waals surface area contributed by atoms with Crippen LogP contribution in [0.25, 0.3) is 0 Å². The number of hydrogen-bond acceptors (Lipinski definition) is 5. The molecule has 0 aliphatic carbocycles. The maximum absolute atomic E-state index is 13.0. The highest BCUT2D eigenvalue weighted by Gasteiger charge is 2.29. The van der Waals surface area contributed by atoms with Crippen LogP contribution in [0.3, 0.4) is 0 Å². The summed E-state index contributed by atoms with van der Waals surface area (Å²) in [4.78, 5) is 13.0. The molecular formula is C19H22N6O3S. The minimum absolute atomic E-state index is 0.198. The molecule has 2 N–H and O–H groups in total. The van der Waals surface area contributed by atoms with Crippen LogP contribution >= 0.6 is 0 Å². The van der Waals surface area contributed by atoms with Crippen LogP contribution in [0.5, 0.6) is 0 Å². The lowest BCUT2D eigenvalue weighted by Crippen LogP contribution is -2.36. The normalized spacial score (nSPS) is 15.6. The number of benzene rings is 1. The van der Waals surface area contributed by atoms with Gasteiger partial charge in [0.05, 0.1) is 31.1 Å². The van der Waals surface area contributed by atoms with Gasteiger partial charge in [0, 0.05) is 24.5 Å². The van der Waals surface area contributed by atoms with Crippen LogP contribution in [0.15, 0.2) is 48.8 Å². The Morgan fingerprint density at radius 3 is 2.76 bits per heavy atom. The van der Waals surface area contributed by atoms with E-state index in [0.29, 0.717) is 30.9 Å². The van der Waals surface area contributed by atoms with Gasteiger partial charge in [0.2, 0.25) is 10.0 Å².